The molecule has 2 aliphatic rings. The second-order valence-corrected chi connectivity index (χ2v) is 6.93. The van der Waals surface area contributed by atoms with Gasteiger partial charge in [-0.1, -0.05) is 19.3 Å². The number of hydrogen-bond donors (Lipinski definition) is 2. The molecule has 0 unspecified atom stereocenters. The third-order valence-electron chi connectivity index (χ3n) is 5.14. The van der Waals surface area contributed by atoms with E-state index in [9.17, 15) is 19.2 Å². The van der Waals surface area contributed by atoms with E-state index in [0.29, 0.717) is 23.5 Å². The molecule has 2 N–H and O–H groups in total. The summed E-state index contributed by atoms with van der Waals surface area (Å²) in [6, 6.07) is -0.650. The number of aryl methyl sites for hydroxylation is 1. The number of urea groups is 1. The summed E-state index contributed by atoms with van der Waals surface area (Å²) < 4.78 is 2.56. The van der Waals surface area contributed by atoms with Crippen molar-refractivity contribution in [3.05, 3.63) is 22.9 Å². The van der Waals surface area contributed by atoms with Gasteiger partial charge in [-0.25, -0.2) is 9.78 Å². The number of carbonyl (C=O) groups excluding carboxylic acids is 3. The molecule has 1 saturated heterocycles. The number of carbonyl (C=O) groups is 3. The molecule has 1 saturated carbocycles. The Bertz CT molecular complexity index is 1000. The van der Waals surface area contributed by atoms with Crippen molar-refractivity contribution in [1.82, 2.24) is 35.1 Å². The van der Waals surface area contributed by atoms with Crippen LogP contribution in [0, 0.1) is 0 Å². The zero-order chi connectivity index (χ0) is 19.2. The van der Waals surface area contributed by atoms with E-state index < -0.39 is 28.9 Å². The molecule has 4 amide bonds. The van der Waals surface area contributed by atoms with Crippen molar-refractivity contribution in [2.45, 2.75) is 44.2 Å². The fourth-order valence-corrected chi connectivity index (χ4v) is 3.71. The molecule has 4 rings (SSSR count). The van der Waals surface area contributed by atoms with Gasteiger partial charge >= 0.3 is 6.03 Å². The zero-order valence-electron chi connectivity index (χ0n) is 14.8. The molecule has 11 heteroatoms. The predicted molar refractivity (Wildman–Crippen MR) is 92.1 cm³/mol. The summed E-state index contributed by atoms with van der Waals surface area (Å²) >= 11 is 0. The minimum absolute atomic E-state index is 0.281. The Morgan fingerprint density at radius 1 is 1.26 bits per heavy atom. The first-order valence-electron chi connectivity index (χ1n) is 8.75. The quantitative estimate of drug-likeness (QED) is 0.692. The molecule has 0 bridgehead atoms. The van der Waals surface area contributed by atoms with Crippen LogP contribution >= 0.6 is 0 Å². The highest BCUT2D eigenvalue weighted by molar-refractivity contribution is 6.08. The molecule has 2 aromatic rings. The van der Waals surface area contributed by atoms with Crippen LogP contribution in [0.2, 0.25) is 0 Å². The molecule has 142 valence electrons. The van der Waals surface area contributed by atoms with Crippen LogP contribution in [0.4, 0.5) is 4.79 Å². The molecule has 1 spiro atoms. The van der Waals surface area contributed by atoms with Crippen LogP contribution in [0.3, 0.4) is 0 Å². The molecule has 11 nitrogen and oxygen atoms in total. The Labute approximate surface area is 153 Å². The van der Waals surface area contributed by atoms with E-state index in [4.69, 9.17) is 0 Å². The number of imide groups is 1. The number of nitrogens with zero attached hydrogens (tertiary/aromatic N) is 5. The minimum Gasteiger partial charge on any atom is -0.322 e. The monoisotopic (exact) mass is 373 g/mol. The second kappa shape index (κ2) is 6.18. The van der Waals surface area contributed by atoms with E-state index in [1.165, 1.54) is 17.2 Å². The molecular formula is C16H19N7O4. The van der Waals surface area contributed by atoms with Crippen LogP contribution in [-0.4, -0.2) is 47.7 Å². The maximum atomic E-state index is 12.7. The number of hydrogen-bond acceptors (Lipinski definition) is 6. The number of aromatic nitrogens is 4. The number of hydrazine groups is 1. The molecule has 2 aromatic heterocycles. The van der Waals surface area contributed by atoms with Gasteiger partial charge in [0.1, 0.15) is 23.8 Å². The van der Waals surface area contributed by atoms with Crippen LogP contribution in [0.25, 0.3) is 11.0 Å². The first kappa shape index (κ1) is 17.2. The van der Waals surface area contributed by atoms with Gasteiger partial charge < -0.3 is 5.32 Å². The third kappa shape index (κ3) is 2.75. The number of amides is 4. The average Bonchev–Trinajstić information content (AvgIpc) is 3.12. The van der Waals surface area contributed by atoms with Gasteiger partial charge in [0.25, 0.3) is 17.4 Å². The minimum atomic E-state index is -0.921. The summed E-state index contributed by atoms with van der Waals surface area (Å²) in [6.07, 6.45) is 6.45. The molecule has 1 aliphatic carbocycles. The molecular weight excluding hydrogens is 354 g/mol. The van der Waals surface area contributed by atoms with E-state index in [1.54, 1.807) is 7.05 Å². The predicted octanol–water partition coefficient (Wildman–Crippen LogP) is -0.584. The SMILES string of the molecule is Cn1ncc2c(=O)n(CC(=O)NN3C(=O)NC4(CCCCC4)C3=O)cnc21. The molecule has 1 aliphatic heterocycles. The molecule has 27 heavy (non-hydrogen) atoms. The van der Waals surface area contributed by atoms with Gasteiger partial charge in [-0.2, -0.15) is 10.1 Å². The molecule has 0 atom stereocenters. The van der Waals surface area contributed by atoms with Gasteiger partial charge in [0.2, 0.25) is 0 Å². The van der Waals surface area contributed by atoms with Crippen LogP contribution in [0.15, 0.2) is 17.3 Å². The lowest BCUT2D eigenvalue weighted by Gasteiger charge is -2.30. The standard InChI is InChI=1S/C16H19N7O4/c1-21-12-10(7-18-21)13(25)22(9-17-12)8-11(24)20-23-14(26)16(19-15(23)27)5-3-2-4-6-16/h7,9H,2-6,8H2,1H3,(H,19,27)(H,20,24). The highest BCUT2D eigenvalue weighted by Gasteiger charge is 2.52. The normalized spacial score (nSPS) is 18.9. The van der Waals surface area contributed by atoms with Gasteiger partial charge in [-0.15, -0.1) is 0 Å². The second-order valence-electron chi connectivity index (χ2n) is 6.93. The summed E-state index contributed by atoms with van der Waals surface area (Å²) in [4.78, 5) is 53.7. The lowest BCUT2D eigenvalue weighted by molar-refractivity contribution is -0.140. The van der Waals surface area contributed by atoms with Crippen LogP contribution in [0.1, 0.15) is 32.1 Å². The lowest BCUT2D eigenvalue weighted by atomic mass is 9.82. The number of rotatable bonds is 3. The summed E-state index contributed by atoms with van der Waals surface area (Å²) in [5.41, 5.74) is 1.36. The van der Waals surface area contributed by atoms with Crippen molar-refractivity contribution in [2.75, 3.05) is 0 Å². The highest BCUT2D eigenvalue weighted by Crippen LogP contribution is 2.32. The Morgan fingerprint density at radius 2 is 2.00 bits per heavy atom. The summed E-state index contributed by atoms with van der Waals surface area (Å²) in [5, 5.41) is 7.67. The molecule has 0 radical (unpaired) electrons. The number of nitrogens with one attached hydrogen (secondary N) is 2. The number of fused-ring (bicyclic) bond motifs is 1. The van der Waals surface area contributed by atoms with Crippen molar-refractivity contribution in [2.24, 2.45) is 7.05 Å². The Kier molecular flexibility index (Phi) is 3.93. The average molecular weight is 373 g/mol. The Balaban J connectivity index is 1.50. The third-order valence-corrected chi connectivity index (χ3v) is 5.14. The Morgan fingerprint density at radius 3 is 2.74 bits per heavy atom. The fourth-order valence-electron chi connectivity index (χ4n) is 3.71. The van der Waals surface area contributed by atoms with Crippen LogP contribution < -0.4 is 16.3 Å². The zero-order valence-corrected chi connectivity index (χ0v) is 14.8. The topological polar surface area (TPSA) is 131 Å². The van der Waals surface area contributed by atoms with Crippen molar-refractivity contribution < 1.29 is 14.4 Å². The van der Waals surface area contributed by atoms with E-state index in [-0.39, 0.29) is 11.9 Å². The summed E-state index contributed by atoms with van der Waals surface area (Å²) in [5.74, 6) is -1.12. The first-order valence-corrected chi connectivity index (χ1v) is 8.75. The van der Waals surface area contributed by atoms with Gasteiger partial charge in [0.05, 0.1) is 6.20 Å². The smallest absolute Gasteiger partial charge is 0.322 e. The van der Waals surface area contributed by atoms with Crippen molar-refractivity contribution in [3.8, 4) is 0 Å². The van der Waals surface area contributed by atoms with Crippen molar-refractivity contribution in [3.63, 3.8) is 0 Å². The van der Waals surface area contributed by atoms with E-state index in [1.807, 2.05) is 0 Å². The molecule has 2 fully saturated rings. The Hall–Kier alpha value is -3.24. The molecule has 0 aromatic carbocycles. The first-order chi connectivity index (χ1) is 12.9. The largest absolute Gasteiger partial charge is 0.344 e. The van der Waals surface area contributed by atoms with Gasteiger partial charge in [0, 0.05) is 7.05 Å². The fraction of sp³-hybridized carbons (Fsp3) is 0.500. The highest BCUT2D eigenvalue weighted by atomic mass is 16.2. The maximum Gasteiger partial charge on any atom is 0.344 e. The van der Waals surface area contributed by atoms with E-state index >= 15 is 0 Å². The molecule has 3 heterocycles. The van der Waals surface area contributed by atoms with E-state index in [2.05, 4.69) is 20.8 Å². The van der Waals surface area contributed by atoms with Crippen molar-refractivity contribution >= 4 is 28.9 Å². The van der Waals surface area contributed by atoms with Crippen LogP contribution in [0.5, 0.6) is 0 Å². The van der Waals surface area contributed by atoms with Crippen molar-refractivity contribution in [1.29, 1.82) is 0 Å². The van der Waals surface area contributed by atoms with Crippen LogP contribution in [-0.2, 0) is 23.2 Å². The lowest BCUT2D eigenvalue weighted by Crippen LogP contribution is -2.51. The summed E-state index contributed by atoms with van der Waals surface area (Å²) in [6.45, 7) is -0.374. The summed E-state index contributed by atoms with van der Waals surface area (Å²) in [7, 11) is 1.66. The van der Waals surface area contributed by atoms with Gasteiger partial charge in [-0.3, -0.25) is 29.1 Å². The van der Waals surface area contributed by atoms with Gasteiger partial charge in [-0.05, 0) is 12.8 Å². The van der Waals surface area contributed by atoms with E-state index in [0.717, 1.165) is 23.8 Å². The maximum absolute atomic E-state index is 12.7. The van der Waals surface area contributed by atoms with Gasteiger partial charge in [0.15, 0.2) is 5.65 Å².